The van der Waals surface area contributed by atoms with Gasteiger partial charge in [-0.2, -0.15) is 0 Å². The van der Waals surface area contributed by atoms with E-state index in [1.54, 1.807) is 4.90 Å². The Morgan fingerprint density at radius 3 is 2.30 bits per heavy atom. The second-order valence-corrected chi connectivity index (χ2v) is 6.52. The number of amides is 1. The zero-order chi connectivity index (χ0) is 16.8. The van der Waals surface area contributed by atoms with Crippen molar-refractivity contribution in [2.24, 2.45) is 0 Å². The predicted octanol–water partition coefficient (Wildman–Crippen LogP) is 4.31. The molecule has 5 heteroatoms. The largest absolute Gasteiger partial charge is 0.387 e. The second-order valence-electron chi connectivity index (χ2n) is 5.33. The molecule has 0 aromatic heterocycles. The molecule has 23 heavy (non-hydrogen) atoms. The quantitative estimate of drug-likeness (QED) is 0.739. The first kappa shape index (κ1) is 18.0. The predicted molar refractivity (Wildman–Crippen MR) is 96.4 cm³/mol. The Kier molecular flexibility index (Phi) is 6.63. The summed E-state index contributed by atoms with van der Waals surface area (Å²) >= 11 is 9.12. The summed E-state index contributed by atoms with van der Waals surface area (Å²) in [6.45, 7) is 2.14. The summed E-state index contributed by atoms with van der Waals surface area (Å²) in [7, 11) is 0. The van der Waals surface area contributed by atoms with Crippen molar-refractivity contribution >= 4 is 33.4 Å². The molecule has 1 amide bonds. The summed E-state index contributed by atoms with van der Waals surface area (Å²) in [5.74, 6) is -0.302. The van der Waals surface area contributed by atoms with Crippen LogP contribution in [0.4, 0.5) is 0 Å². The van der Waals surface area contributed by atoms with Gasteiger partial charge < -0.3 is 10.0 Å². The maximum Gasteiger partial charge on any atom is 0.238 e. The lowest BCUT2D eigenvalue weighted by molar-refractivity contribution is -0.132. The lowest BCUT2D eigenvalue weighted by atomic mass is 10.0. The van der Waals surface area contributed by atoms with Crippen LogP contribution < -0.4 is 0 Å². The third-order valence-corrected chi connectivity index (χ3v) is 4.57. The molecule has 1 N–H and O–H groups in total. The van der Waals surface area contributed by atoms with E-state index in [2.05, 4.69) is 15.9 Å². The molecule has 0 aliphatic rings. The SMILES string of the molecule is C[C@H](c1ccccc1)N(C[C@H](O)c1ccc(Br)cc1)C(=O)CCl. The van der Waals surface area contributed by atoms with Gasteiger partial charge in [-0.1, -0.05) is 58.4 Å². The molecular weight excluding hydrogens is 378 g/mol. The minimum atomic E-state index is -0.763. The molecule has 0 saturated heterocycles. The van der Waals surface area contributed by atoms with Crippen LogP contribution in [0, 0.1) is 0 Å². The second kappa shape index (κ2) is 8.48. The summed E-state index contributed by atoms with van der Waals surface area (Å²) in [6.07, 6.45) is -0.763. The van der Waals surface area contributed by atoms with Crippen molar-refractivity contribution in [1.82, 2.24) is 4.90 Å². The van der Waals surface area contributed by atoms with Crippen LogP contribution in [-0.4, -0.2) is 28.3 Å². The van der Waals surface area contributed by atoms with Crippen LogP contribution in [-0.2, 0) is 4.79 Å². The van der Waals surface area contributed by atoms with Crippen LogP contribution in [0.5, 0.6) is 0 Å². The number of hydrogen-bond acceptors (Lipinski definition) is 2. The van der Waals surface area contributed by atoms with Gasteiger partial charge in [-0.05, 0) is 30.2 Å². The molecule has 0 saturated carbocycles. The van der Waals surface area contributed by atoms with Gasteiger partial charge in [-0.15, -0.1) is 11.6 Å². The minimum absolute atomic E-state index is 0.107. The number of rotatable bonds is 6. The van der Waals surface area contributed by atoms with Crippen LogP contribution in [0.1, 0.15) is 30.2 Å². The Labute approximate surface area is 150 Å². The highest BCUT2D eigenvalue weighted by Gasteiger charge is 2.24. The summed E-state index contributed by atoms with van der Waals surface area (Å²) in [5.41, 5.74) is 1.77. The number of hydrogen-bond donors (Lipinski definition) is 1. The molecule has 2 aromatic carbocycles. The van der Waals surface area contributed by atoms with Crippen molar-refractivity contribution in [3.63, 3.8) is 0 Å². The number of carbonyl (C=O) groups excluding carboxylic acids is 1. The van der Waals surface area contributed by atoms with Crippen molar-refractivity contribution in [3.8, 4) is 0 Å². The molecule has 0 radical (unpaired) electrons. The van der Waals surface area contributed by atoms with E-state index in [0.29, 0.717) is 0 Å². The van der Waals surface area contributed by atoms with Gasteiger partial charge in [0.2, 0.25) is 5.91 Å². The minimum Gasteiger partial charge on any atom is -0.387 e. The van der Waals surface area contributed by atoms with Gasteiger partial charge in [0.05, 0.1) is 18.7 Å². The average molecular weight is 397 g/mol. The molecule has 2 rings (SSSR count). The van der Waals surface area contributed by atoms with Crippen molar-refractivity contribution in [2.75, 3.05) is 12.4 Å². The van der Waals surface area contributed by atoms with Crippen molar-refractivity contribution in [1.29, 1.82) is 0 Å². The third-order valence-electron chi connectivity index (χ3n) is 3.81. The number of halogens is 2. The molecule has 0 fully saturated rings. The van der Waals surface area contributed by atoms with Crippen LogP contribution in [0.3, 0.4) is 0 Å². The Bertz CT molecular complexity index is 633. The first-order chi connectivity index (χ1) is 11.0. The van der Waals surface area contributed by atoms with Gasteiger partial charge in [-0.3, -0.25) is 4.79 Å². The van der Waals surface area contributed by atoms with Gasteiger partial charge in [0.1, 0.15) is 5.88 Å². The standard InChI is InChI=1S/C18H19BrClNO2/c1-13(14-5-3-2-4-6-14)21(18(23)11-20)12-17(22)15-7-9-16(19)10-8-15/h2-10,13,17,22H,11-12H2,1H3/t13-,17+/m1/s1. The molecule has 2 atom stereocenters. The monoisotopic (exact) mass is 395 g/mol. The number of nitrogens with zero attached hydrogens (tertiary/aromatic N) is 1. The van der Waals surface area contributed by atoms with Gasteiger partial charge in [-0.25, -0.2) is 0 Å². The molecule has 0 heterocycles. The lowest BCUT2D eigenvalue weighted by Gasteiger charge is -2.31. The third kappa shape index (κ3) is 4.80. The van der Waals surface area contributed by atoms with E-state index in [1.807, 2.05) is 61.5 Å². The number of carbonyl (C=O) groups is 1. The fraction of sp³-hybridized carbons (Fsp3) is 0.278. The topological polar surface area (TPSA) is 40.5 Å². The molecule has 122 valence electrons. The van der Waals surface area contributed by atoms with Gasteiger partial charge in [0.25, 0.3) is 0 Å². The van der Waals surface area contributed by atoms with Crippen LogP contribution in [0.25, 0.3) is 0 Å². The number of aliphatic hydroxyl groups excluding tert-OH is 1. The van der Waals surface area contributed by atoms with Gasteiger partial charge in [0.15, 0.2) is 0 Å². The van der Waals surface area contributed by atoms with Crippen LogP contribution in [0.15, 0.2) is 59.1 Å². The number of benzene rings is 2. The first-order valence-electron chi connectivity index (χ1n) is 7.37. The zero-order valence-corrected chi connectivity index (χ0v) is 15.2. The van der Waals surface area contributed by atoms with Crippen molar-refractivity contribution < 1.29 is 9.90 Å². The van der Waals surface area contributed by atoms with Gasteiger partial charge in [0, 0.05) is 4.47 Å². The summed E-state index contributed by atoms with van der Waals surface area (Å²) < 4.78 is 0.944. The molecule has 0 bridgehead atoms. The van der Waals surface area contributed by atoms with E-state index >= 15 is 0 Å². The molecule has 0 aliphatic heterocycles. The maximum absolute atomic E-state index is 12.2. The zero-order valence-electron chi connectivity index (χ0n) is 12.8. The van der Waals surface area contributed by atoms with E-state index in [4.69, 9.17) is 11.6 Å². The lowest BCUT2D eigenvalue weighted by Crippen LogP contribution is -2.37. The average Bonchev–Trinajstić information content (AvgIpc) is 2.59. The first-order valence-corrected chi connectivity index (χ1v) is 8.69. The molecule has 0 unspecified atom stereocenters. The Hall–Kier alpha value is -1.36. The fourth-order valence-electron chi connectivity index (χ4n) is 2.44. The highest BCUT2D eigenvalue weighted by atomic mass is 79.9. The molecule has 3 nitrogen and oxygen atoms in total. The summed E-state index contributed by atoms with van der Waals surface area (Å²) in [4.78, 5) is 13.8. The molecular formula is C18H19BrClNO2. The van der Waals surface area contributed by atoms with E-state index in [9.17, 15) is 9.90 Å². The summed E-state index contributed by atoms with van der Waals surface area (Å²) in [5, 5.41) is 10.5. The summed E-state index contributed by atoms with van der Waals surface area (Å²) in [6, 6.07) is 17.0. The highest BCUT2D eigenvalue weighted by Crippen LogP contribution is 2.25. The van der Waals surface area contributed by atoms with Crippen molar-refractivity contribution in [2.45, 2.75) is 19.1 Å². The number of aliphatic hydroxyl groups is 1. The maximum atomic E-state index is 12.2. The molecule has 2 aromatic rings. The molecule has 0 aliphatic carbocycles. The van der Waals surface area contributed by atoms with Gasteiger partial charge >= 0.3 is 0 Å². The Morgan fingerprint density at radius 1 is 1.13 bits per heavy atom. The fourth-order valence-corrected chi connectivity index (χ4v) is 2.86. The highest BCUT2D eigenvalue weighted by molar-refractivity contribution is 9.10. The van der Waals surface area contributed by atoms with Crippen LogP contribution >= 0.6 is 27.5 Å². The van der Waals surface area contributed by atoms with E-state index in [1.165, 1.54) is 0 Å². The van der Waals surface area contributed by atoms with E-state index in [0.717, 1.165) is 15.6 Å². The smallest absolute Gasteiger partial charge is 0.238 e. The Balaban J connectivity index is 2.18. The van der Waals surface area contributed by atoms with E-state index < -0.39 is 6.10 Å². The molecule has 0 spiro atoms. The van der Waals surface area contributed by atoms with E-state index in [-0.39, 0.29) is 24.4 Å². The Morgan fingerprint density at radius 2 is 1.74 bits per heavy atom. The van der Waals surface area contributed by atoms with Crippen LogP contribution in [0.2, 0.25) is 0 Å². The van der Waals surface area contributed by atoms with Crippen molar-refractivity contribution in [3.05, 3.63) is 70.2 Å². The normalized spacial score (nSPS) is 13.4. The number of alkyl halides is 1.